The molecule has 0 unspecified atom stereocenters. The zero-order valence-electron chi connectivity index (χ0n) is 18.3. The molecule has 3 aromatic rings. The standard InChI is InChI=1S/C23H26ClN3O4S/c1-15-7-4-10-19(30-3)22(15)27-21(25-26-23(27)20-11-6-12-31-20)14-32(28,29)16(2)17-8-5-9-18(24)13-17/h4-5,7-10,13,16,20H,6,11-12,14H2,1-3H3/t16-,20-/m1/s1. The zero-order chi connectivity index (χ0) is 22.9. The van der Waals surface area contributed by atoms with Crippen molar-refractivity contribution in [3.05, 3.63) is 70.3 Å². The van der Waals surface area contributed by atoms with Crippen LogP contribution in [0.15, 0.2) is 42.5 Å². The molecular formula is C23H26ClN3O4S. The molecule has 0 aliphatic carbocycles. The van der Waals surface area contributed by atoms with E-state index in [0.717, 1.165) is 24.1 Å². The Balaban J connectivity index is 1.80. The van der Waals surface area contributed by atoms with Gasteiger partial charge in [0.05, 0.1) is 18.0 Å². The topological polar surface area (TPSA) is 83.3 Å². The van der Waals surface area contributed by atoms with Crippen molar-refractivity contribution in [3.63, 3.8) is 0 Å². The number of hydrogen-bond acceptors (Lipinski definition) is 6. The fourth-order valence-electron chi connectivity index (χ4n) is 4.01. The Bertz CT molecular complexity index is 1220. The van der Waals surface area contributed by atoms with Gasteiger partial charge in [-0.15, -0.1) is 10.2 Å². The number of methoxy groups -OCH3 is 1. The number of rotatable bonds is 7. The molecule has 1 aromatic heterocycles. The van der Waals surface area contributed by atoms with Gasteiger partial charge in [-0.05, 0) is 56.0 Å². The van der Waals surface area contributed by atoms with E-state index in [1.54, 1.807) is 42.9 Å². The molecule has 4 rings (SSSR count). The van der Waals surface area contributed by atoms with Crippen LogP contribution in [0.3, 0.4) is 0 Å². The van der Waals surface area contributed by atoms with Crippen molar-refractivity contribution in [1.29, 1.82) is 0 Å². The van der Waals surface area contributed by atoms with E-state index >= 15 is 0 Å². The lowest BCUT2D eigenvalue weighted by Gasteiger charge is -2.19. The maximum absolute atomic E-state index is 13.4. The van der Waals surface area contributed by atoms with Gasteiger partial charge < -0.3 is 9.47 Å². The molecule has 2 aromatic carbocycles. The van der Waals surface area contributed by atoms with Crippen molar-refractivity contribution in [2.75, 3.05) is 13.7 Å². The van der Waals surface area contributed by atoms with Crippen LogP contribution in [0.5, 0.6) is 5.75 Å². The Morgan fingerprint density at radius 3 is 2.72 bits per heavy atom. The first kappa shape index (κ1) is 22.8. The molecule has 1 aliphatic heterocycles. The molecule has 1 aliphatic rings. The van der Waals surface area contributed by atoms with Gasteiger partial charge in [0.15, 0.2) is 21.5 Å². The third-order valence-electron chi connectivity index (χ3n) is 5.80. The summed E-state index contributed by atoms with van der Waals surface area (Å²) in [6, 6.07) is 12.6. The van der Waals surface area contributed by atoms with Gasteiger partial charge in [0.1, 0.15) is 17.6 Å². The molecule has 170 valence electrons. The largest absolute Gasteiger partial charge is 0.495 e. The molecule has 0 N–H and O–H groups in total. The summed E-state index contributed by atoms with van der Waals surface area (Å²) in [5.41, 5.74) is 2.28. The summed E-state index contributed by atoms with van der Waals surface area (Å²) in [4.78, 5) is 0. The second-order valence-electron chi connectivity index (χ2n) is 7.94. The van der Waals surface area contributed by atoms with Gasteiger partial charge >= 0.3 is 0 Å². The predicted octanol–water partition coefficient (Wildman–Crippen LogP) is 4.77. The molecule has 2 atom stereocenters. The first-order valence-electron chi connectivity index (χ1n) is 10.5. The molecular weight excluding hydrogens is 450 g/mol. The van der Waals surface area contributed by atoms with E-state index in [0.29, 0.717) is 34.6 Å². The number of aryl methyl sites for hydroxylation is 1. The molecule has 0 saturated carbocycles. The van der Waals surface area contributed by atoms with Crippen LogP contribution in [-0.2, 0) is 20.3 Å². The maximum Gasteiger partial charge on any atom is 0.167 e. The molecule has 2 heterocycles. The molecule has 0 bridgehead atoms. The van der Waals surface area contributed by atoms with Gasteiger partial charge in [0, 0.05) is 11.6 Å². The minimum atomic E-state index is -3.62. The average Bonchev–Trinajstić information content (AvgIpc) is 3.43. The van der Waals surface area contributed by atoms with Crippen LogP contribution >= 0.6 is 11.6 Å². The summed E-state index contributed by atoms with van der Waals surface area (Å²) in [5.74, 6) is 1.26. The Hall–Kier alpha value is -2.42. The van der Waals surface area contributed by atoms with E-state index < -0.39 is 15.1 Å². The van der Waals surface area contributed by atoms with Crippen molar-refractivity contribution in [1.82, 2.24) is 14.8 Å². The molecule has 1 saturated heterocycles. The second kappa shape index (κ2) is 9.21. The monoisotopic (exact) mass is 475 g/mol. The number of sulfone groups is 1. The lowest BCUT2D eigenvalue weighted by Crippen LogP contribution is -2.18. The highest BCUT2D eigenvalue weighted by atomic mass is 35.5. The number of halogens is 1. The molecule has 0 spiro atoms. The van der Waals surface area contributed by atoms with Crippen molar-refractivity contribution >= 4 is 21.4 Å². The lowest BCUT2D eigenvalue weighted by atomic mass is 10.1. The fourth-order valence-corrected chi connectivity index (χ4v) is 5.57. The number of benzene rings is 2. The number of aromatic nitrogens is 3. The first-order chi connectivity index (χ1) is 15.3. The van der Waals surface area contributed by atoms with Crippen LogP contribution in [0.1, 0.15) is 53.9 Å². The maximum atomic E-state index is 13.4. The van der Waals surface area contributed by atoms with Crippen molar-refractivity contribution in [2.24, 2.45) is 0 Å². The minimum Gasteiger partial charge on any atom is -0.495 e. The predicted molar refractivity (Wildman–Crippen MR) is 123 cm³/mol. The summed E-state index contributed by atoms with van der Waals surface area (Å²) in [5, 5.41) is 8.42. The number of ether oxygens (including phenoxy) is 2. The van der Waals surface area contributed by atoms with Gasteiger partial charge in [-0.2, -0.15) is 0 Å². The van der Waals surface area contributed by atoms with Crippen LogP contribution in [0.25, 0.3) is 5.69 Å². The Morgan fingerprint density at radius 1 is 1.25 bits per heavy atom. The van der Waals surface area contributed by atoms with Crippen molar-refractivity contribution in [3.8, 4) is 11.4 Å². The van der Waals surface area contributed by atoms with Crippen molar-refractivity contribution < 1.29 is 17.9 Å². The van der Waals surface area contributed by atoms with Crippen LogP contribution in [0.4, 0.5) is 0 Å². The van der Waals surface area contributed by atoms with Crippen LogP contribution in [-0.4, -0.2) is 36.9 Å². The summed E-state index contributed by atoms with van der Waals surface area (Å²) >= 11 is 6.08. The van der Waals surface area contributed by atoms with E-state index in [1.807, 2.05) is 25.1 Å². The van der Waals surface area contributed by atoms with Gasteiger partial charge in [-0.3, -0.25) is 4.57 Å². The fraction of sp³-hybridized carbons (Fsp3) is 0.391. The first-order valence-corrected chi connectivity index (χ1v) is 12.6. The number of para-hydroxylation sites is 1. The highest BCUT2D eigenvalue weighted by Crippen LogP contribution is 2.35. The normalized spacial score (nSPS) is 17.4. The van der Waals surface area contributed by atoms with Crippen LogP contribution < -0.4 is 4.74 Å². The average molecular weight is 476 g/mol. The summed E-state index contributed by atoms with van der Waals surface area (Å²) in [7, 11) is -2.03. The summed E-state index contributed by atoms with van der Waals surface area (Å²) in [6.45, 7) is 4.25. The highest BCUT2D eigenvalue weighted by molar-refractivity contribution is 7.90. The third kappa shape index (κ3) is 4.40. The highest BCUT2D eigenvalue weighted by Gasteiger charge is 2.32. The van der Waals surface area contributed by atoms with E-state index in [2.05, 4.69) is 10.2 Å². The molecule has 0 radical (unpaired) electrons. The lowest BCUT2D eigenvalue weighted by molar-refractivity contribution is 0.103. The molecule has 7 nitrogen and oxygen atoms in total. The number of hydrogen-bond donors (Lipinski definition) is 0. The summed E-state index contributed by atoms with van der Waals surface area (Å²) in [6.07, 6.45) is 1.48. The number of nitrogens with zero attached hydrogens (tertiary/aromatic N) is 3. The van der Waals surface area contributed by atoms with Crippen LogP contribution in [0, 0.1) is 6.92 Å². The van der Waals surface area contributed by atoms with Gasteiger partial charge in [-0.25, -0.2) is 8.42 Å². The Morgan fingerprint density at radius 2 is 2.03 bits per heavy atom. The molecule has 9 heteroatoms. The SMILES string of the molecule is COc1cccc(C)c1-n1c(CS(=O)(=O)[C@H](C)c2cccc(Cl)c2)nnc1[C@H]1CCCO1. The molecule has 0 amide bonds. The van der Waals surface area contributed by atoms with E-state index in [4.69, 9.17) is 21.1 Å². The second-order valence-corrected chi connectivity index (χ2v) is 10.7. The Labute approximate surface area is 193 Å². The van der Waals surface area contributed by atoms with E-state index in [9.17, 15) is 8.42 Å². The van der Waals surface area contributed by atoms with E-state index in [-0.39, 0.29) is 11.9 Å². The zero-order valence-corrected chi connectivity index (χ0v) is 19.9. The molecule has 1 fully saturated rings. The quantitative estimate of drug-likeness (QED) is 0.489. The van der Waals surface area contributed by atoms with Gasteiger partial charge in [0.25, 0.3) is 0 Å². The summed E-state index contributed by atoms with van der Waals surface area (Å²) < 4.78 is 40.0. The Kier molecular flexibility index (Phi) is 6.55. The van der Waals surface area contributed by atoms with Crippen molar-refractivity contribution in [2.45, 2.75) is 43.8 Å². The minimum absolute atomic E-state index is 0.242. The third-order valence-corrected chi connectivity index (χ3v) is 8.05. The molecule has 32 heavy (non-hydrogen) atoms. The van der Waals surface area contributed by atoms with Crippen LogP contribution in [0.2, 0.25) is 5.02 Å². The van der Waals surface area contributed by atoms with Gasteiger partial charge in [-0.1, -0.05) is 35.9 Å². The smallest absolute Gasteiger partial charge is 0.167 e. The van der Waals surface area contributed by atoms with E-state index in [1.165, 1.54) is 0 Å². The van der Waals surface area contributed by atoms with Gasteiger partial charge in [0.2, 0.25) is 0 Å².